The van der Waals surface area contributed by atoms with Gasteiger partial charge in [-0.2, -0.15) is 10.1 Å². The quantitative estimate of drug-likeness (QED) is 0.699. The van der Waals surface area contributed by atoms with Gasteiger partial charge in [0.2, 0.25) is 5.95 Å². The number of anilines is 1. The van der Waals surface area contributed by atoms with Gasteiger partial charge in [-0.15, -0.1) is 0 Å². The van der Waals surface area contributed by atoms with Crippen molar-refractivity contribution in [3.8, 4) is 17.7 Å². The molecule has 0 saturated heterocycles. The third-order valence-electron chi connectivity index (χ3n) is 3.33. The number of nitrogen functional groups attached to an aromatic ring is 1. The number of benzene rings is 1. The molecule has 0 spiro atoms. The molecule has 2 heterocycles. The fourth-order valence-electron chi connectivity index (χ4n) is 2.01. The maximum absolute atomic E-state index is 12.6. The number of hydrogen-bond acceptors (Lipinski definition) is 5. The normalized spacial score (nSPS) is 13.5. The Hall–Kier alpha value is -3.05. The highest BCUT2D eigenvalue weighted by molar-refractivity contribution is 5.81. The van der Waals surface area contributed by atoms with Crippen LogP contribution in [-0.4, -0.2) is 36.9 Å². The number of nitrogens with zero attached hydrogens (tertiary/aromatic N) is 4. The van der Waals surface area contributed by atoms with Crippen LogP contribution in [0.1, 0.15) is 12.5 Å². The molecule has 0 radical (unpaired) electrons. The van der Waals surface area contributed by atoms with Gasteiger partial charge >= 0.3 is 0 Å². The van der Waals surface area contributed by atoms with Crippen molar-refractivity contribution in [2.45, 2.75) is 19.0 Å². The average Bonchev–Trinajstić information content (AvgIpc) is 2.96. The molecule has 0 aliphatic rings. The lowest BCUT2D eigenvalue weighted by molar-refractivity contribution is -0.0418. The summed E-state index contributed by atoms with van der Waals surface area (Å²) < 4.78 is 26.8. The molecule has 0 amide bonds. The molecule has 0 saturated carbocycles. The van der Waals surface area contributed by atoms with Crippen LogP contribution in [-0.2, 0) is 0 Å². The Morgan fingerprint density at radius 2 is 2.12 bits per heavy atom. The smallest absolute Gasteiger partial charge is 0.277 e. The van der Waals surface area contributed by atoms with Crippen LogP contribution >= 0.6 is 0 Å². The van der Waals surface area contributed by atoms with Crippen LogP contribution in [0, 0.1) is 11.8 Å². The fraction of sp³-hybridized carbons (Fsp3) is 0.188. The molecule has 2 aromatic heterocycles. The minimum Gasteiger partial charge on any atom is -0.372 e. The van der Waals surface area contributed by atoms with Crippen molar-refractivity contribution in [1.29, 1.82) is 0 Å². The molecule has 0 aliphatic heterocycles. The maximum Gasteiger partial charge on any atom is 0.277 e. The Labute approximate surface area is 136 Å². The van der Waals surface area contributed by atoms with Crippen LogP contribution in [0.25, 0.3) is 16.7 Å². The molecule has 3 rings (SSSR count). The zero-order valence-electron chi connectivity index (χ0n) is 12.6. The zero-order chi connectivity index (χ0) is 17.3. The Morgan fingerprint density at radius 3 is 2.83 bits per heavy atom. The van der Waals surface area contributed by atoms with E-state index in [2.05, 4.69) is 26.9 Å². The summed E-state index contributed by atoms with van der Waals surface area (Å²) in [6, 6.07) is 6.74. The maximum atomic E-state index is 12.6. The second-order valence-electron chi connectivity index (χ2n) is 5.30. The van der Waals surface area contributed by atoms with Crippen molar-refractivity contribution >= 4 is 16.9 Å². The van der Waals surface area contributed by atoms with E-state index in [0.717, 1.165) is 12.3 Å². The third-order valence-corrected chi connectivity index (χ3v) is 3.33. The number of aliphatic hydroxyl groups is 1. The van der Waals surface area contributed by atoms with Crippen molar-refractivity contribution in [2.24, 2.45) is 0 Å². The summed E-state index contributed by atoms with van der Waals surface area (Å²) in [5.74, 6) is 5.33. The van der Waals surface area contributed by atoms with Gasteiger partial charge in [0, 0.05) is 23.2 Å². The molecule has 24 heavy (non-hydrogen) atoms. The number of alkyl halides is 2. The van der Waals surface area contributed by atoms with Gasteiger partial charge in [0.15, 0.2) is 11.4 Å². The van der Waals surface area contributed by atoms with Crippen LogP contribution in [0.5, 0.6) is 0 Å². The number of nitrogens with two attached hydrogens (primary N) is 1. The summed E-state index contributed by atoms with van der Waals surface area (Å²) >= 11 is 0. The summed E-state index contributed by atoms with van der Waals surface area (Å²) in [6.07, 6.45) is 0.192. The zero-order valence-corrected chi connectivity index (χ0v) is 12.6. The van der Waals surface area contributed by atoms with Gasteiger partial charge in [-0.05, 0) is 25.1 Å². The van der Waals surface area contributed by atoms with E-state index < -0.39 is 12.0 Å². The molecular weight excluding hydrogens is 316 g/mol. The summed E-state index contributed by atoms with van der Waals surface area (Å²) in [4.78, 5) is 7.92. The van der Waals surface area contributed by atoms with Gasteiger partial charge in [-0.1, -0.05) is 11.8 Å². The molecule has 6 nitrogen and oxygen atoms in total. The molecule has 122 valence electrons. The van der Waals surface area contributed by atoms with Crippen LogP contribution in [0.2, 0.25) is 0 Å². The first-order valence-corrected chi connectivity index (χ1v) is 6.97. The second-order valence-corrected chi connectivity index (χ2v) is 5.30. The van der Waals surface area contributed by atoms with E-state index in [1.54, 1.807) is 35.1 Å². The molecule has 3 aromatic rings. The van der Waals surface area contributed by atoms with E-state index in [-0.39, 0.29) is 5.95 Å². The Morgan fingerprint density at radius 1 is 1.33 bits per heavy atom. The van der Waals surface area contributed by atoms with Gasteiger partial charge in [-0.25, -0.2) is 18.4 Å². The molecule has 0 bridgehead atoms. The van der Waals surface area contributed by atoms with Crippen molar-refractivity contribution in [3.63, 3.8) is 0 Å². The summed E-state index contributed by atoms with van der Waals surface area (Å²) in [7, 11) is 0. The van der Waals surface area contributed by atoms with Crippen LogP contribution in [0.4, 0.5) is 14.7 Å². The molecule has 0 fully saturated rings. The molecule has 1 aromatic carbocycles. The highest BCUT2D eigenvalue weighted by Crippen LogP contribution is 2.19. The van der Waals surface area contributed by atoms with Crippen molar-refractivity contribution in [2.75, 3.05) is 5.73 Å². The first kappa shape index (κ1) is 15.8. The predicted octanol–water partition coefficient (Wildman–Crippen LogP) is 1.77. The van der Waals surface area contributed by atoms with E-state index >= 15 is 0 Å². The van der Waals surface area contributed by atoms with Crippen LogP contribution in [0.3, 0.4) is 0 Å². The van der Waals surface area contributed by atoms with E-state index in [4.69, 9.17) is 5.73 Å². The van der Waals surface area contributed by atoms with Crippen molar-refractivity contribution < 1.29 is 13.9 Å². The Kier molecular flexibility index (Phi) is 3.87. The molecular formula is C16H13F2N5O. The number of hydrogen-bond donors (Lipinski definition) is 2. The first-order chi connectivity index (χ1) is 11.4. The lowest BCUT2D eigenvalue weighted by atomic mass is 10.1. The molecule has 1 unspecified atom stereocenters. The van der Waals surface area contributed by atoms with Gasteiger partial charge in [0.05, 0.1) is 11.7 Å². The number of aromatic nitrogens is 4. The predicted molar refractivity (Wildman–Crippen MR) is 84.6 cm³/mol. The molecule has 1 atom stereocenters. The highest BCUT2D eigenvalue weighted by Gasteiger charge is 2.29. The SMILES string of the molecule is CC(O)(C#Cc1ccc2cnn(-c3ccnc(N)n3)c2c1)C(F)F. The minimum absolute atomic E-state index is 0.111. The Bertz CT molecular complexity index is 956. The lowest BCUT2D eigenvalue weighted by Crippen LogP contribution is -2.31. The minimum atomic E-state index is -2.96. The molecule has 8 heteroatoms. The third kappa shape index (κ3) is 3.02. The van der Waals surface area contributed by atoms with Gasteiger partial charge in [0.25, 0.3) is 6.43 Å². The molecule has 3 N–H and O–H groups in total. The first-order valence-electron chi connectivity index (χ1n) is 6.97. The summed E-state index contributed by atoms with van der Waals surface area (Å²) in [5.41, 5.74) is 4.36. The van der Waals surface area contributed by atoms with Crippen LogP contribution < -0.4 is 5.73 Å². The van der Waals surface area contributed by atoms with E-state index in [0.29, 0.717) is 16.9 Å². The highest BCUT2D eigenvalue weighted by atomic mass is 19.3. The molecule has 0 aliphatic carbocycles. The number of rotatable bonds is 2. The number of halogens is 2. The fourth-order valence-corrected chi connectivity index (χ4v) is 2.01. The largest absolute Gasteiger partial charge is 0.372 e. The van der Waals surface area contributed by atoms with E-state index in [1.807, 2.05) is 0 Å². The van der Waals surface area contributed by atoms with Gasteiger partial charge in [-0.3, -0.25) is 0 Å². The van der Waals surface area contributed by atoms with E-state index in [1.165, 1.54) is 6.20 Å². The monoisotopic (exact) mass is 329 g/mol. The average molecular weight is 329 g/mol. The van der Waals surface area contributed by atoms with Crippen molar-refractivity contribution in [1.82, 2.24) is 19.7 Å². The Balaban J connectivity index is 2.06. The second kappa shape index (κ2) is 5.86. The van der Waals surface area contributed by atoms with Gasteiger partial charge < -0.3 is 10.8 Å². The summed E-state index contributed by atoms with van der Waals surface area (Å²) in [5, 5.41) is 14.6. The standard InChI is InChI=1S/C16H13F2N5O/c1-16(24,14(17)18)6-4-10-2-3-11-9-21-23(12(11)8-10)13-5-7-20-15(19)22-13/h2-3,5,7-9,14,24H,1H3,(H2,19,20,22). The van der Waals surface area contributed by atoms with Crippen molar-refractivity contribution in [3.05, 3.63) is 42.2 Å². The number of fused-ring (bicyclic) bond motifs is 1. The van der Waals surface area contributed by atoms with Gasteiger partial charge in [0.1, 0.15) is 0 Å². The topological polar surface area (TPSA) is 89.9 Å². The lowest BCUT2D eigenvalue weighted by Gasteiger charge is -2.13. The van der Waals surface area contributed by atoms with E-state index in [9.17, 15) is 13.9 Å². The summed E-state index contributed by atoms with van der Waals surface area (Å²) in [6.45, 7) is 0.969. The van der Waals surface area contributed by atoms with Crippen LogP contribution in [0.15, 0.2) is 36.7 Å².